The third-order valence-corrected chi connectivity index (χ3v) is 15.1. The van der Waals surface area contributed by atoms with E-state index in [1.165, 1.54) is 6.07 Å². The van der Waals surface area contributed by atoms with Crippen molar-refractivity contribution in [2.75, 3.05) is 55.4 Å². The largest absolute Gasteiger partial charge is 0.369 e. The number of benzene rings is 2. The van der Waals surface area contributed by atoms with E-state index in [9.17, 15) is 28.2 Å². The van der Waals surface area contributed by atoms with E-state index >= 15 is 4.39 Å². The Morgan fingerprint density at radius 1 is 0.984 bits per heavy atom. The van der Waals surface area contributed by atoms with Crippen LogP contribution in [0.5, 0.6) is 0 Å². The van der Waals surface area contributed by atoms with Crippen LogP contribution in [0.15, 0.2) is 53.6 Å². The first-order chi connectivity index (χ1) is 30.9. The second kappa shape index (κ2) is 21.7. The number of piperidine rings is 2. The fraction of sp³-hybridized carbons (Fsp3) is 0.521. The van der Waals surface area contributed by atoms with Gasteiger partial charge < -0.3 is 30.0 Å². The predicted molar refractivity (Wildman–Crippen MR) is 249 cm³/mol. The van der Waals surface area contributed by atoms with Gasteiger partial charge in [-0.2, -0.15) is 4.98 Å². The lowest BCUT2D eigenvalue weighted by atomic mass is 9.59. The summed E-state index contributed by atoms with van der Waals surface area (Å²) in [5, 5.41) is 6.08. The first-order valence-electron chi connectivity index (χ1n) is 22.5. The van der Waals surface area contributed by atoms with E-state index < -0.39 is 34.5 Å². The van der Waals surface area contributed by atoms with E-state index in [1.54, 1.807) is 11.1 Å². The molecule has 14 nitrogen and oxygen atoms in total. The topological polar surface area (TPSA) is 165 Å². The number of nitrogens with one attached hydrogen (secondary N) is 2. The molecular weight excluding hydrogens is 836 g/mol. The van der Waals surface area contributed by atoms with Crippen molar-refractivity contribution in [1.82, 2.24) is 25.1 Å². The third-order valence-electron chi connectivity index (χ3n) is 13.2. The predicted octanol–water partition coefficient (Wildman–Crippen LogP) is 6.79. The minimum absolute atomic E-state index is 0.0109. The Labute approximate surface area is 378 Å². The third kappa shape index (κ3) is 10.3. The molecule has 1 saturated carbocycles. The molecule has 64 heavy (non-hydrogen) atoms. The van der Waals surface area contributed by atoms with Crippen molar-refractivity contribution in [3.63, 3.8) is 0 Å². The average molecular weight is 899 g/mol. The van der Waals surface area contributed by atoms with Gasteiger partial charge in [0.25, 0.3) is 11.8 Å². The molecule has 4 heterocycles. The number of hydrogen-bond donors (Lipinski definition) is 2. The molecule has 3 aromatic rings. The highest BCUT2D eigenvalue weighted by molar-refractivity contribution is 7.85. The van der Waals surface area contributed by atoms with E-state index in [0.717, 1.165) is 91.6 Å². The highest BCUT2D eigenvalue weighted by Gasteiger charge is 2.49. The summed E-state index contributed by atoms with van der Waals surface area (Å²) in [6.07, 6.45) is 13.9. The molecule has 344 valence electrons. The highest BCUT2D eigenvalue weighted by Crippen LogP contribution is 2.52. The molecule has 2 saturated heterocycles. The maximum Gasteiger partial charge on any atom is 0.262 e. The van der Waals surface area contributed by atoms with E-state index in [4.69, 9.17) is 4.98 Å². The first-order valence-corrected chi connectivity index (χ1v) is 23.8. The summed E-state index contributed by atoms with van der Waals surface area (Å²) in [5.41, 5.74) is 2.02. The summed E-state index contributed by atoms with van der Waals surface area (Å²) in [6.45, 7) is 11.2. The van der Waals surface area contributed by atoms with Crippen molar-refractivity contribution in [2.24, 2.45) is 11.3 Å². The Kier molecular flexibility index (Phi) is 16.3. The summed E-state index contributed by atoms with van der Waals surface area (Å²) >= 11 is 0. The van der Waals surface area contributed by atoms with Crippen LogP contribution in [-0.2, 0) is 25.2 Å². The Balaban J connectivity index is 0.00000220. The summed E-state index contributed by atoms with van der Waals surface area (Å²) in [4.78, 5) is 78.2. The van der Waals surface area contributed by atoms with Crippen LogP contribution in [0.25, 0.3) is 6.08 Å². The zero-order valence-electron chi connectivity index (χ0n) is 37.9. The number of nitrogens with zero attached hydrogens (tertiary/aromatic N) is 6. The summed E-state index contributed by atoms with van der Waals surface area (Å²) in [5.74, 6) is -0.760. The van der Waals surface area contributed by atoms with Gasteiger partial charge in [0, 0.05) is 59.2 Å². The normalized spacial score (nSPS) is 19.2. The monoisotopic (exact) mass is 898 g/mol. The number of aldehydes is 2. The molecule has 2 aromatic carbocycles. The Bertz CT molecular complexity index is 2200. The van der Waals surface area contributed by atoms with Crippen LogP contribution in [0.3, 0.4) is 0 Å². The minimum Gasteiger partial charge on any atom is -0.369 e. The minimum atomic E-state index is -1.16. The maximum atomic E-state index is 15.5. The Morgan fingerprint density at radius 3 is 2.19 bits per heavy atom. The smallest absolute Gasteiger partial charge is 0.262 e. The molecule has 1 spiro atoms. The molecule has 0 radical (unpaired) electrons. The lowest BCUT2D eigenvalue weighted by molar-refractivity contribution is -0.112. The van der Waals surface area contributed by atoms with Crippen molar-refractivity contribution in [3.8, 4) is 0 Å². The average Bonchev–Trinajstić information content (AvgIpc) is 3.52. The van der Waals surface area contributed by atoms with Crippen molar-refractivity contribution in [3.05, 3.63) is 71.2 Å². The molecule has 7 rings (SSSR count). The number of aromatic nitrogens is 2. The summed E-state index contributed by atoms with van der Waals surface area (Å²) < 4.78 is 29.2. The van der Waals surface area contributed by atoms with Gasteiger partial charge >= 0.3 is 0 Å². The van der Waals surface area contributed by atoms with Gasteiger partial charge in [-0.1, -0.05) is 32.9 Å². The zero-order valence-corrected chi connectivity index (χ0v) is 38.7. The second-order valence-electron chi connectivity index (χ2n) is 17.7. The van der Waals surface area contributed by atoms with Crippen LogP contribution in [0.4, 0.5) is 27.5 Å². The number of halogens is 1. The van der Waals surface area contributed by atoms with Crippen molar-refractivity contribution in [2.45, 2.75) is 114 Å². The Hall–Kier alpha value is -5.19. The molecule has 1 aliphatic carbocycles. The molecule has 3 atom stereocenters. The number of likely N-dealkylation sites (tertiary alicyclic amines) is 1. The lowest BCUT2D eigenvalue weighted by Gasteiger charge is -2.56. The quantitative estimate of drug-likeness (QED) is 0.108. The number of anilines is 4. The van der Waals surface area contributed by atoms with E-state index in [0.29, 0.717) is 43.5 Å². The number of amides is 3. The van der Waals surface area contributed by atoms with Gasteiger partial charge in [0.1, 0.15) is 24.2 Å². The van der Waals surface area contributed by atoms with Crippen LogP contribution in [-0.4, -0.2) is 118 Å². The summed E-state index contributed by atoms with van der Waals surface area (Å²) in [7, 11) is 2.59. The SMILES string of the molecule is C/C=C\c1cnc(Nc2ccc(S(=O)C3CCN(C4CC5(CCN(c6cc7c(cc6F)C(=O)N(C(C=O)CCC=O)C7=O)CC5)C4)CC3)cc2)nc1N(C=O)[C@H](CC)C(C)C.CNC. The van der Waals surface area contributed by atoms with Gasteiger partial charge in [0.05, 0.1) is 33.7 Å². The standard InChI is InChI=1S/C46H56FN7O6S.C2H7N/c1-5-8-31-27-48-45(50-42(31)53(29-57)40(6-2)30(3)4)49-32-10-12-35(13-11-32)61(60)36-14-18-51(19-15-36)34-25-46(26-34)16-20-52(21-17-46)41-24-38-37(23-39(41)47)43(58)54(44(38)59)33(28-56)9-7-22-55;1-3-2/h5,8,10-13,22-24,27-30,33-34,36,40H,6-7,9,14-21,25-26H2,1-4H3,(H,48,49,50);3H,1-2H3/b8-5-;/t33?,40-,61?;/m1./s1. The van der Waals surface area contributed by atoms with Crippen molar-refractivity contribution < 1.29 is 32.6 Å². The van der Waals surface area contributed by atoms with Gasteiger partial charge in [0.15, 0.2) is 0 Å². The molecule has 0 bridgehead atoms. The van der Waals surface area contributed by atoms with Crippen LogP contribution < -0.4 is 20.4 Å². The van der Waals surface area contributed by atoms with Gasteiger partial charge in [-0.15, -0.1) is 0 Å². The number of rotatable bonds is 17. The molecule has 3 aliphatic heterocycles. The van der Waals surface area contributed by atoms with Gasteiger partial charge in [-0.25, -0.2) is 9.37 Å². The maximum absolute atomic E-state index is 15.5. The number of carbonyl (C=O) groups is 5. The number of fused-ring (bicyclic) bond motifs is 1. The number of allylic oxidation sites excluding steroid dienone is 1. The van der Waals surface area contributed by atoms with E-state index in [1.807, 2.05) is 62.3 Å². The molecule has 2 N–H and O–H groups in total. The van der Waals surface area contributed by atoms with Crippen LogP contribution in [0.2, 0.25) is 0 Å². The zero-order chi connectivity index (χ0) is 46.1. The lowest BCUT2D eigenvalue weighted by Crippen LogP contribution is -2.57. The van der Waals surface area contributed by atoms with Crippen molar-refractivity contribution in [1.29, 1.82) is 0 Å². The molecule has 3 fully saturated rings. The molecule has 4 aliphatic rings. The first kappa shape index (κ1) is 48.3. The molecular formula is C48H63FN8O6S. The molecule has 3 amide bonds. The number of carbonyl (C=O) groups excluding carboxylic acids is 5. The van der Waals surface area contributed by atoms with E-state index in [2.05, 4.69) is 41.3 Å². The Morgan fingerprint density at radius 2 is 1.62 bits per heavy atom. The summed E-state index contributed by atoms with van der Waals surface area (Å²) in [6, 6.07) is 9.51. The molecule has 1 aromatic heterocycles. The second-order valence-corrected chi connectivity index (χ2v) is 19.4. The number of imide groups is 1. The van der Waals surface area contributed by atoms with Crippen LogP contribution in [0, 0.1) is 17.2 Å². The van der Waals surface area contributed by atoms with Crippen LogP contribution >= 0.6 is 0 Å². The van der Waals surface area contributed by atoms with Gasteiger partial charge in [0.2, 0.25) is 12.4 Å². The van der Waals surface area contributed by atoms with Gasteiger partial charge in [-0.3, -0.25) is 28.4 Å². The van der Waals surface area contributed by atoms with Crippen molar-refractivity contribution >= 4 is 70.8 Å². The van der Waals surface area contributed by atoms with Gasteiger partial charge in [-0.05, 0) is 133 Å². The highest BCUT2D eigenvalue weighted by atomic mass is 32.2. The fourth-order valence-corrected chi connectivity index (χ4v) is 11.2. The number of hydrogen-bond acceptors (Lipinski definition) is 12. The van der Waals surface area contributed by atoms with E-state index in [-0.39, 0.29) is 52.3 Å². The fourth-order valence-electron chi connectivity index (χ4n) is 9.81. The molecule has 16 heteroatoms. The van der Waals surface area contributed by atoms with Crippen LogP contribution in [0.1, 0.15) is 112 Å². The molecule has 2 unspecified atom stereocenters.